The highest BCUT2D eigenvalue weighted by Crippen LogP contribution is 2.51. The number of nitrogens with zero attached hydrogens (tertiary/aromatic N) is 2. The molecule has 292 valence electrons. The second kappa shape index (κ2) is 35.9. The predicted octanol–water partition coefficient (Wildman–Crippen LogP) is 14.2. The Bertz CT molecular complexity index is 732. The Morgan fingerprint density at radius 2 is 0.776 bits per heavy atom. The summed E-state index contributed by atoms with van der Waals surface area (Å²) in [6.45, 7) is 7.37. The van der Waals surface area contributed by atoms with Gasteiger partial charge in [-0.05, 0) is 71.3 Å². The SMILES string of the molecule is CCCCCCCC/C=C\CCCCCCCCOP(=O)(OCCCCCCCC/C=C\CCCCCCCC)N(C)CCC[N+](C)(C)C. The number of hydrogen-bond acceptors (Lipinski definition) is 3. The van der Waals surface area contributed by atoms with Crippen molar-refractivity contribution in [3.63, 3.8) is 0 Å². The van der Waals surface area contributed by atoms with Crippen LogP contribution in [-0.4, -0.2) is 63.6 Å². The van der Waals surface area contributed by atoms with E-state index in [9.17, 15) is 4.57 Å². The smallest absolute Gasteiger partial charge is 0.331 e. The summed E-state index contributed by atoms with van der Waals surface area (Å²) in [5.74, 6) is 0. The van der Waals surface area contributed by atoms with Gasteiger partial charge in [0, 0.05) is 13.0 Å². The summed E-state index contributed by atoms with van der Waals surface area (Å²) in [4.78, 5) is 0. The molecular weight excluding hydrogens is 623 g/mol. The van der Waals surface area contributed by atoms with Crippen molar-refractivity contribution in [3.05, 3.63) is 24.3 Å². The van der Waals surface area contributed by atoms with Crippen LogP contribution in [0.25, 0.3) is 0 Å². The number of allylic oxidation sites excluding steroid dienone is 4. The lowest BCUT2D eigenvalue weighted by atomic mass is 10.1. The molecule has 0 spiro atoms. The van der Waals surface area contributed by atoms with Crippen LogP contribution in [0.3, 0.4) is 0 Å². The molecule has 0 aromatic heterocycles. The Balaban J connectivity index is 4.10. The highest BCUT2D eigenvalue weighted by molar-refractivity contribution is 7.51. The molecule has 0 fully saturated rings. The maximum Gasteiger partial charge on any atom is 0.407 e. The van der Waals surface area contributed by atoms with Gasteiger partial charge in [0.1, 0.15) is 0 Å². The molecule has 0 rings (SSSR count). The maximum atomic E-state index is 13.9. The second-order valence-electron chi connectivity index (χ2n) is 15.8. The molecule has 0 aliphatic carbocycles. The van der Waals surface area contributed by atoms with Crippen LogP contribution in [0.2, 0.25) is 0 Å². The Morgan fingerprint density at radius 3 is 1.10 bits per heavy atom. The average molecular weight is 712 g/mol. The largest absolute Gasteiger partial charge is 0.407 e. The zero-order chi connectivity index (χ0) is 36.2. The van der Waals surface area contributed by atoms with Crippen molar-refractivity contribution in [2.45, 2.75) is 200 Å². The molecule has 0 radical (unpaired) electrons. The van der Waals surface area contributed by atoms with Crippen molar-refractivity contribution < 1.29 is 18.1 Å². The van der Waals surface area contributed by atoms with Crippen molar-refractivity contribution >= 4 is 7.75 Å². The fourth-order valence-corrected chi connectivity index (χ4v) is 7.76. The normalized spacial score (nSPS) is 12.8. The molecule has 0 aromatic rings. The van der Waals surface area contributed by atoms with E-state index in [-0.39, 0.29) is 0 Å². The van der Waals surface area contributed by atoms with Crippen LogP contribution >= 0.6 is 7.75 Å². The van der Waals surface area contributed by atoms with Gasteiger partial charge in [-0.1, -0.05) is 154 Å². The summed E-state index contributed by atoms with van der Waals surface area (Å²) in [7, 11) is 5.27. The Morgan fingerprint density at radius 1 is 0.469 bits per heavy atom. The summed E-state index contributed by atoms with van der Waals surface area (Å²) in [5.41, 5.74) is 0. The number of hydrogen-bond donors (Lipinski definition) is 0. The van der Waals surface area contributed by atoms with E-state index in [1.165, 1.54) is 154 Å². The third kappa shape index (κ3) is 35.7. The molecule has 6 heteroatoms. The van der Waals surface area contributed by atoms with Gasteiger partial charge < -0.3 is 4.48 Å². The van der Waals surface area contributed by atoms with Crippen molar-refractivity contribution in [2.75, 3.05) is 54.5 Å². The number of rotatable bonds is 39. The molecule has 0 aliphatic heterocycles. The van der Waals surface area contributed by atoms with E-state index < -0.39 is 7.75 Å². The van der Waals surface area contributed by atoms with E-state index in [1.807, 2.05) is 11.7 Å². The van der Waals surface area contributed by atoms with Gasteiger partial charge in [-0.25, -0.2) is 9.24 Å². The Labute approximate surface area is 308 Å². The molecule has 49 heavy (non-hydrogen) atoms. The van der Waals surface area contributed by atoms with Gasteiger partial charge in [0.05, 0.1) is 40.9 Å². The van der Waals surface area contributed by atoms with Crippen molar-refractivity contribution in [1.82, 2.24) is 4.67 Å². The molecule has 0 saturated carbocycles. The highest BCUT2D eigenvalue weighted by atomic mass is 31.2. The molecule has 0 amide bonds. The first-order valence-electron chi connectivity index (χ1n) is 21.5. The lowest BCUT2D eigenvalue weighted by Gasteiger charge is -2.29. The van der Waals surface area contributed by atoms with Gasteiger partial charge in [-0.3, -0.25) is 9.05 Å². The predicted molar refractivity (Wildman–Crippen MR) is 219 cm³/mol. The van der Waals surface area contributed by atoms with E-state index >= 15 is 0 Å². The fraction of sp³-hybridized carbons (Fsp3) is 0.907. The number of unbranched alkanes of at least 4 members (excludes halogenated alkanes) is 24. The standard InChI is InChI=1S/C43H88N2O3P/c1-7-9-11-13-15-17-19-21-23-25-27-29-31-33-35-37-42-47-49(46,44(3)40-39-41-45(4,5)6)48-43-38-36-34-32-30-28-26-24-22-20-18-16-14-12-10-8-2/h21-24H,7-20,25-43H2,1-6H3/q+1/b23-21-,24-22-. The third-order valence-electron chi connectivity index (χ3n) is 9.55. The molecule has 0 unspecified atom stereocenters. The zero-order valence-corrected chi connectivity index (χ0v) is 35.1. The third-order valence-corrected chi connectivity index (χ3v) is 11.6. The van der Waals surface area contributed by atoms with E-state index in [1.54, 1.807) is 0 Å². The van der Waals surface area contributed by atoms with Gasteiger partial charge in [0.2, 0.25) is 0 Å². The van der Waals surface area contributed by atoms with Crippen LogP contribution in [0.4, 0.5) is 0 Å². The minimum absolute atomic E-state index is 0.519. The molecule has 0 aliphatic rings. The first-order valence-corrected chi connectivity index (χ1v) is 23.0. The minimum atomic E-state index is -3.26. The summed E-state index contributed by atoms with van der Waals surface area (Å²) >= 11 is 0. The first-order chi connectivity index (χ1) is 23.7. The number of quaternary nitrogens is 1. The average Bonchev–Trinajstić information content (AvgIpc) is 3.07. The molecule has 0 heterocycles. The van der Waals surface area contributed by atoms with Crippen molar-refractivity contribution in [1.29, 1.82) is 0 Å². The van der Waals surface area contributed by atoms with E-state index in [0.717, 1.165) is 49.7 Å². The molecule has 0 aromatic carbocycles. The Kier molecular flexibility index (Phi) is 35.6. The summed E-state index contributed by atoms with van der Waals surface area (Å²) in [5, 5.41) is 0. The van der Waals surface area contributed by atoms with Crippen molar-refractivity contribution in [2.24, 2.45) is 0 Å². The first kappa shape index (κ1) is 48.5. The van der Waals surface area contributed by atoms with Gasteiger partial charge >= 0.3 is 7.75 Å². The lowest BCUT2D eigenvalue weighted by molar-refractivity contribution is -0.870. The molecule has 0 atom stereocenters. The van der Waals surface area contributed by atoms with Crippen LogP contribution < -0.4 is 0 Å². The van der Waals surface area contributed by atoms with Crippen LogP contribution in [0, 0.1) is 0 Å². The summed E-state index contributed by atoms with van der Waals surface area (Å²) in [6.07, 6.45) is 46.4. The topological polar surface area (TPSA) is 38.8 Å². The van der Waals surface area contributed by atoms with E-state index in [2.05, 4.69) is 59.3 Å². The van der Waals surface area contributed by atoms with Gasteiger partial charge in [0.25, 0.3) is 0 Å². The Hall–Kier alpha value is -0.450. The summed E-state index contributed by atoms with van der Waals surface area (Å²) in [6, 6.07) is 0. The quantitative estimate of drug-likeness (QED) is 0.0275. The van der Waals surface area contributed by atoms with Gasteiger partial charge in [0.15, 0.2) is 0 Å². The van der Waals surface area contributed by atoms with Gasteiger partial charge in [-0.2, -0.15) is 0 Å². The molecule has 0 N–H and O–H groups in total. The van der Waals surface area contributed by atoms with Crippen LogP contribution in [0.1, 0.15) is 200 Å². The van der Waals surface area contributed by atoms with Crippen LogP contribution in [0.15, 0.2) is 24.3 Å². The van der Waals surface area contributed by atoms with E-state index in [0.29, 0.717) is 13.2 Å². The van der Waals surface area contributed by atoms with E-state index in [4.69, 9.17) is 9.05 Å². The lowest BCUT2D eigenvalue weighted by Crippen LogP contribution is -2.36. The molecule has 0 saturated heterocycles. The summed E-state index contributed by atoms with van der Waals surface area (Å²) < 4.78 is 28.7. The van der Waals surface area contributed by atoms with Crippen LogP contribution in [0.5, 0.6) is 0 Å². The maximum absolute atomic E-state index is 13.9. The minimum Gasteiger partial charge on any atom is -0.331 e. The monoisotopic (exact) mass is 712 g/mol. The molecular formula is C43H88N2O3P+. The highest BCUT2D eigenvalue weighted by Gasteiger charge is 2.30. The van der Waals surface area contributed by atoms with Crippen LogP contribution in [-0.2, 0) is 13.6 Å². The molecule has 0 bridgehead atoms. The fourth-order valence-electron chi connectivity index (χ4n) is 6.19. The molecule has 5 nitrogen and oxygen atoms in total. The second-order valence-corrected chi connectivity index (χ2v) is 17.9. The van der Waals surface area contributed by atoms with Crippen molar-refractivity contribution in [3.8, 4) is 0 Å². The zero-order valence-electron chi connectivity index (χ0n) is 34.2. The van der Waals surface area contributed by atoms with Gasteiger partial charge in [-0.15, -0.1) is 0 Å².